The zero-order valence-electron chi connectivity index (χ0n) is 34.0. The van der Waals surface area contributed by atoms with Crippen LogP contribution in [0.25, 0.3) is 48.2 Å². The number of hydrogen-bond acceptors (Lipinski definition) is 12. The number of ketones is 1. The highest BCUT2D eigenvalue weighted by atomic mass is 32.2. The number of thiazole rings is 1. The van der Waals surface area contributed by atoms with Gasteiger partial charge in [0.05, 0.1) is 33.6 Å². The van der Waals surface area contributed by atoms with Gasteiger partial charge in [0.25, 0.3) is 5.01 Å². The number of unbranched alkanes of at least 4 members (excludes halogenated alkanes) is 2. The second-order valence-corrected chi connectivity index (χ2v) is 21.4. The van der Waals surface area contributed by atoms with Crippen LogP contribution in [-0.4, -0.2) is 44.4 Å². The van der Waals surface area contributed by atoms with Crippen molar-refractivity contribution in [1.29, 1.82) is 0 Å². The van der Waals surface area contributed by atoms with Crippen molar-refractivity contribution in [3.63, 3.8) is 0 Å². The van der Waals surface area contributed by atoms with Crippen LogP contribution in [0.4, 0.5) is 5.69 Å². The molecule has 3 aromatic carbocycles. The van der Waals surface area contributed by atoms with Gasteiger partial charge in [0.15, 0.2) is 6.54 Å². The van der Waals surface area contributed by atoms with E-state index in [9.17, 15) is 14.7 Å². The lowest BCUT2D eigenvalue weighted by atomic mass is 9.88. The molecule has 0 saturated heterocycles. The fraction of sp³-hybridized carbons (Fsp3) is 0.255. The average molecular weight is 919 g/mol. The molecule has 0 fully saturated rings. The number of carbonyl (C=O) groups is 2. The second-order valence-electron chi connectivity index (χ2n) is 15.0. The Bertz CT molecular complexity index is 2900. The molecule has 0 radical (unpaired) electrons. The second kappa shape index (κ2) is 18.4. The van der Waals surface area contributed by atoms with Gasteiger partial charge in [-0.05, 0) is 81.3 Å². The van der Waals surface area contributed by atoms with Crippen LogP contribution in [0.5, 0.6) is 0 Å². The lowest BCUT2D eigenvalue weighted by Crippen LogP contribution is -2.36. The van der Waals surface area contributed by atoms with E-state index in [1.54, 1.807) is 57.5 Å². The average Bonchev–Trinajstić information content (AvgIpc) is 4.12. The molecule has 0 bridgehead atoms. The third-order valence-electron chi connectivity index (χ3n) is 10.8. The van der Waals surface area contributed by atoms with Gasteiger partial charge >= 0.3 is 0 Å². The molecule has 8 nitrogen and oxygen atoms in total. The summed E-state index contributed by atoms with van der Waals surface area (Å²) in [6.07, 6.45) is 7.73. The number of anilines is 1. The van der Waals surface area contributed by atoms with Gasteiger partial charge < -0.3 is 15.3 Å². The van der Waals surface area contributed by atoms with E-state index in [2.05, 4.69) is 90.2 Å². The molecule has 7 aromatic rings. The lowest BCUT2D eigenvalue weighted by Gasteiger charge is -2.23. The summed E-state index contributed by atoms with van der Waals surface area (Å²) in [6, 6.07) is 27.4. The summed E-state index contributed by atoms with van der Waals surface area (Å²) in [5, 5.41) is 16.3. The molecule has 0 unspecified atom stereocenters. The number of fused-ring (bicyclic) bond motifs is 3. The molecule has 5 heterocycles. The number of allylic oxidation sites excluding steroid dienone is 3. The molecule has 4 aromatic heterocycles. The first kappa shape index (κ1) is 41.8. The number of aryl methyl sites for hydroxylation is 3. The number of aromatic nitrogens is 3. The van der Waals surface area contributed by atoms with Crippen molar-refractivity contribution in [3.8, 4) is 20.9 Å². The predicted octanol–water partition coefficient (Wildman–Crippen LogP) is 12.4. The quantitative estimate of drug-likeness (QED) is 0.0428. The maximum atomic E-state index is 13.6. The molecule has 0 atom stereocenters. The molecule has 1 aliphatic heterocycles. The number of benzene rings is 3. The summed E-state index contributed by atoms with van der Waals surface area (Å²) in [5.74, 6) is 0.665. The first-order chi connectivity index (χ1) is 29.8. The Morgan fingerprint density at radius 3 is 2.46 bits per heavy atom. The van der Waals surface area contributed by atoms with Gasteiger partial charge in [0, 0.05) is 84.3 Å². The molecule has 2 aliphatic rings. The van der Waals surface area contributed by atoms with Crippen molar-refractivity contribution in [2.75, 3.05) is 23.7 Å². The van der Waals surface area contributed by atoms with Gasteiger partial charge in [-0.3, -0.25) is 9.59 Å². The standard InChI is InChI=1S/C47H43N5O3S6/c1-4-5-22-51-33-12-6-8-14-36(33)59-41(51)26-31-46(54)32(47(31)55)27-42-52(34-13-7-9-15-37(34)60-42)23-11-10-16-40(53)48-21-24-56-39-25-30(35-19-17-28(2)57-35)44-45(50-61-49-44)43(39)38-20-18-29(3)58-38/h6-9,12-15,17-20,25-27H,4-5,10-11,16,21-24H2,1-3H3,(H-,48,53,54,55)/p+1. The fourth-order valence-corrected chi connectivity index (χ4v) is 13.3. The number of nitrogens with zero attached hydrogens (tertiary/aromatic N) is 4. The van der Waals surface area contributed by atoms with Crippen molar-refractivity contribution in [2.45, 2.75) is 69.2 Å². The van der Waals surface area contributed by atoms with Gasteiger partial charge in [-0.1, -0.05) is 60.7 Å². The number of rotatable bonds is 16. The van der Waals surface area contributed by atoms with Crippen molar-refractivity contribution in [1.82, 2.24) is 14.1 Å². The number of hydrogen-bond donors (Lipinski definition) is 2. The first-order valence-electron chi connectivity index (χ1n) is 20.5. The third kappa shape index (κ3) is 8.63. The van der Waals surface area contributed by atoms with Crippen LogP contribution in [0.15, 0.2) is 117 Å². The van der Waals surface area contributed by atoms with Gasteiger partial charge in [0.2, 0.25) is 17.2 Å². The number of aliphatic hydroxyl groups excluding tert-OH is 1. The van der Waals surface area contributed by atoms with E-state index in [1.807, 2.05) is 36.4 Å². The Hall–Kier alpha value is -4.57. The number of nitrogens with one attached hydrogen (secondary N) is 1. The van der Waals surface area contributed by atoms with Crippen LogP contribution >= 0.6 is 69.3 Å². The Morgan fingerprint density at radius 1 is 0.902 bits per heavy atom. The van der Waals surface area contributed by atoms with Gasteiger partial charge in [-0.15, -0.1) is 34.4 Å². The minimum Gasteiger partial charge on any atom is -0.506 e. The molecule has 0 saturated carbocycles. The molecule has 9 rings (SSSR count). The predicted molar refractivity (Wildman–Crippen MR) is 258 cm³/mol. The van der Waals surface area contributed by atoms with Gasteiger partial charge in [-0.2, -0.15) is 13.3 Å². The summed E-state index contributed by atoms with van der Waals surface area (Å²) in [6.45, 7) is 8.52. The number of para-hydroxylation sites is 2. The smallest absolute Gasteiger partial charge is 0.263 e. The topological polar surface area (TPSA) is 99.3 Å². The van der Waals surface area contributed by atoms with Crippen molar-refractivity contribution >= 4 is 114 Å². The van der Waals surface area contributed by atoms with E-state index >= 15 is 0 Å². The van der Waals surface area contributed by atoms with Crippen LogP contribution < -0.4 is 14.8 Å². The summed E-state index contributed by atoms with van der Waals surface area (Å²) >= 11 is 9.79. The molecular formula is C47H44N5O3S6+. The maximum Gasteiger partial charge on any atom is 0.263 e. The number of Topliss-reactive ketones (excluding diaryl/α,β-unsaturated/α-hetero) is 1. The summed E-state index contributed by atoms with van der Waals surface area (Å²) in [5.41, 5.74) is 7.02. The summed E-state index contributed by atoms with van der Waals surface area (Å²) in [7, 11) is 0. The van der Waals surface area contributed by atoms with Crippen LogP contribution in [0.3, 0.4) is 0 Å². The maximum absolute atomic E-state index is 13.6. The molecule has 1 aliphatic carbocycles. The Kier molecular flexibility index (Phi) is 12.6. The Labute approximate surface area is 380 Å². The number of thioether (sulfide) groups is 2. The highest BCUT2D eigenvalue weighted by molar-refractivity contribution is 8.03. The monoisotopic (exact) mass is 918 g/mol. The third-order valence-corrected chi connectivity index (χ3v) is 16.6. The molecule has 14 heteroatoms. The van der Waals surface area contributed by atoms with Crippen LogP contribution in [-0.2, 0) is 16.1 Å². The lowest BCUT2D eigenvalue weighted by molar-refractivity contribution is -0.669. The normalized spacial score (nSPS) is 15.2. The number of amides is 1. The van der Waals surface area contributed by atoms with Crippen LogP contribution in [0.1, 0.15) is 53.8 Å². The Balaban J connectivity index is 0.835. The summed E-state index contributed by atoms with van der Waals surface area (Å²) in [4.78, 5) is 36.1. The molecule has 0 spiro atoms. The largest absolute Gasteiger partial charge is 0.506 e. The number of aliphatic hydroxyl groups is 1. The van der Waals surface area contributed by atoms with Crippen molar-refractivity contribution in [3.05, 3.63) is 122 Å². The van der Waals surface area contributed by atoms with Crippen molar-refractivity contribution < 1.29 is 19.3 Å². The van der Waals surface area contributed by atoms with Gasteiger partial charge in [-0.25, -0.2) is 0 Å². The SMILES string of the molecule is CCCCN1/C(=C/C2=C(O)C(=C\c3sc4ccccc4[n+]3CCCCC(=O)NCCSc3cc(-c4ccc(C)s4)c4nsnc4c3-c3ccc(C)s3)/C2=O)Sc2ccccc21. The number of carbonyl (C=O) groups excluding carboxylic acids is 2. The molecule has 310 valence electrons. The highest BCUT2D eigenvalue weighted by Gasteiger charge is 2.36. The van der Waals surface area contributed by atoms with E-state index in [4.69, 9.17) is 8.75 Å². The highest BCUT2D eigenvalue weighted by Crippen LogP contribution is 2.48. The van der Waals surface area contributed by atoms with Crippen LogP contribution in [0, 0.1) is 13.8 Å². The number of thiophene rings is 2. The fourth-order valence-electron chi connectivity index (χ4n) is 7.66. The van der Waals surface area contributed by atoms with E-state index in [0.29, 0.717) is 30.7 Å². The van der Waals surface area contributed by atoms with E-state index in [0.717, 1.165) is 95.9 Å². The van der Waals surface area contributed by atoms with Crippen LogP contribution in [0.2, 0.25) is 0 Å². The van der Waals surface area contributed by atoms with Crippen molar-refractivity contribution in [2.24, 2.45) is 0 Å². The van der Waals surface area contributed by atoms with E-state index in [1.165, 1.54) is 31.2 Å². The molecular weight excluding hydrogens is 875 g/mol. The molecule has 2 N–H and O–H groups in total. The first-order valence-corrected chi connectivity index (χ1v) is 25.5. The minimum atomic E-state index is -0.146. The molecule has 61 heavy (non-hydrogen) atoms. The van der Waals surface area contributed by atoms with E-state index < -0.39 is 0 Å². The molecule has 1 amide bonds. The zero-order valence-corrected chi connectivity index (χ0v) is 38.9. The zero-order chi connectivity index (χ0) is 42.0. The van der Waals surface area contributed by atoms with Gasteiger partial charge in [0.1, 0.15) is 21.5 Å². The van der Waals surface area contributed by atoms with E-state index in [-0.39, 0.29) is 17.4 Å². The minimum absolute atomic E-state index is 0.0414. The summed E-state index contributed by atoms with van der Waals surface area (Å²) < 4.78 is 12.8. The Morgan fingerprint density at radius 2 is 1.67 bits per heavy atom.